The molecule has 0 aromatic carbocycles. The number of rotatable bonds is 3. The minimum atomic E-state index is -0.955. The lowest BCUT2D eigenvalue weighted by molar-refractivity contribution is -0.134. The third-order valence-corrected chi connectivity index (χ3v) is 1.87. The standard InChI is InChI=1S/C8H9N5O2/c1-13-7-5(3-11-13)2-9-8(12-7)10-4-6(14)15/h2-3H,4H2,1H3,(H,14,15)(H,9,10,12). The van der Waals surface area contributed by atoms with Gasteiger partial charge in [0.05, 0.1) is 11.6 Å². The van der Waals surface area contributed by atoms with Crippen LogP contribution in [0.4, 0.5) is 5.95 Å². The summed E-state index contributed by atoms with van der Waals surface area (Å²) in [4.78, 5) is 18.4. The normalized spacial score (nSPS) is 10.5. The molecular weight excluding hydrogens is 198 g/mol. The molecule has 0 spiro atoms. The van der Waals surface area contributed by atoms with Crippen molar-refractivity contribution < 1.29 is 9.90 Å². The summed E-state index contributed by atoms with van der Waals surface area (Å²) >= 11 is 0. The number of carbonyl (C=O) groups is 1. The van der Waals surface area contributed by atoms with Gasteiger partial charge in [-0.1, -0.05) is 0 Å². The van der Waals surface area contributed by atoms with Crippen LogP contribution < -0.4 is 5.32 Å². The van der Waals surface area contributed by atoms with E-state index in [0.717, 1.165) is 5.39 Å². The quantitative estimate of drug-likeness (QED) is 0.727. The van der Waals surface area contributed by atoms with Crippen LogP contribution in [0.25, 0.3) is 11.0 Å². The Bertz CT molecular complexity index is 507. The van der Waals surface area contributed by atoms with Crippen molar-refractivity contribution >= 4 is 23.0 Å². The summed E-state index contributed by atoms with van der Waals surface area (Å²) in [6.07, 6.45) is 3.25. The van der Waals surface area contributed by atoms with Gasteiger partial charge in [-0.3, -0.25) is 9.48 Å². The van der Waals surface area contributed by atoms with Crippen molar-refractivity contribution in [1.29, 1.82) is 0 Å². The molecule has 2 aromatic heterocycles. The smallest absolute Gasteiger partial charge is 0.322 e. The molecule has 2 heterocycles. The molecule has 0 unspecified atom stereocenters. The molecule has 0 saturated carbocycles. The largest absolute Gasteiger partial charge is 0.480 e. The highest BCUT2D eigenvalue weighted by Crippen LogP contribution is 2.10. The van der Waals surface area contributed by atoms with E-state index in [9.17, 15) is 4.79 Å². The van der Waals surface area contributed by atoms with Crippen LogP contribution in [0.3, 0.4) is 0 Å². The number of aromatic nitrogens is 4. The van der Waals surface area contributed by atoms with E-state index in [4.69, 9.17) is 5.11 Å². The Balaban J connectivity index is 2.29. The fourth-order valence-electron chi connectivity index (χ4n) is 1.18. The molecule has 7 nitrogen and oxygen atoms in total. The number of aryl methyl sites for hydroxylation is 1. The lowest BCUT2D eigenvalue weighted by Crippen LogP contribution is -2.14. The number of hydrogen-bond donors (Lipinski definition) is 2. The van der Waals surface area contributed by atoms with Gasteiger partial charge in [0, 0.05) is 13.2 Å². The van der Waals surface area contributed by atoms with Crippen LogP contribution in [0.15, 0.2) is 12.4 Å². The number of hydrogen-bond acceptors (Lipinski definition) is 5. The van der Waals surface area contributed by atoms with E-state index < -0.39 is 5.97 Å². The molecule has 0 atom stereocenters. The van der Waals surface area contributed by atoms with Crippen molar-refractivity contribution in [2.75, 3.05) is 11.9 Å². The highest BCUT2D eigenvalue weighted by molar-refractivity contribution is 5.75. The third-order valence-electron chi connectivity index (χ3n) is 1.87. The summed E-state index contributed by atoms with van der Waals surface area (Å²) in [6.45, 7) is -0.205. The van der Waals surface area contributed by atoms with Crippen molar-refractivity contribution in [3.8, 4) is 0 Å². The van der Waals surface area contributed by atoms with Crippen LogP contribution in [0.1, 0.15) is 0 Å². The van der Waals surface area contributed by atoms with E-state index in [1.807, 2.05) is 0 Å². The van der Waals surface area contributed by atoms with Crippen LogP contribution in [0, 0.1) is 0 Å². The monoisotopic (exact) mass is 207 g/mol. The number of nitrogens with one attached hydrogen (secondary N) is 1. The molecular formula is C8H9N5O2. The molecule has 0 aliphatic heterocycles. The highest BCUT2D eigenvalue weighted by atomic mass is 16.4. The van der Waals surface area contributed by atoms with Crippen LogP contribution in [-0.2, 0) is 11.8 Å². The van der Waals surface area contributed by atoms with Gasteiger partial charge in [-0.15, -0.1) is 0 Å². The van der Waals surface area contributed by atoms with E-state index in [0.29, 0.717) is 5.65 Å². The van der Waals surface area contributed by atoms with Crippen LogP contribution >= 0.6 is 0 Å². The molecule has 0 bridgehead atoms. The first-order chi connectivity index (χ1) is 7.16. The predicted molar refractivity (Wildman–Crippen MR) is 52.4 cm³/mol. The van der Waals surface area contributed by atoms with Gasteiger partial charge >= 0.3 is 5.97 Å². The second-order valence-corrected chi connectivity index (χ2v) is 2.99. The third kappa shape index (κ3) is 1.85. The fourth-order valence-corrected chi connectivity index (χ4v) is 1.18. The second kappa shape index (κ2) is 3.52. The van der Waals surface area contributed by atoms with E-state index in [2.05, 4.69) is 20.4 Å². The van der Waals surface area contributed by atoms with Gasteiger partial charge in [-0.25, -0.2) is 4.98 Å². The SMILES string of the molecule is Cn1ncc2cnc(NCC(=O)O)nc21. The molecule has 7 heteroatoms. The molecule has 0 fully saturated rings. The number of nitrogens with zero attached hydrogens (tertiary/aromatic N) is 4. The average Bonchev–Trinajstić information content (AvgIpc) is 2.57. The number of anilines is 1. The summed E-state index contributed by atoms with van der Waals surface area (Å²) in [5.41, 5.74) is 0.665. The fraction of sp³-hybridized carbons (Fsp3) is 0.250. The Hall–Kier alpha value is -2.18. The van der Waals surface area contributed by atoms with Crippen LogP contribution in [0.5, 0.6) is 0 Å². The van der Waals surface area contributed by atoms with Gasteiger partial charge in [0.1, 0.15) is 6.54 Å². The van der Waals surface area contributed by atoms with Gasteiger partial charge in [-0.2, -0.15) is 10.1 Å². The molecule has 0 aliphatic carbocycles. The maximum Gasteiger partial charge on any atom is 0.322 e. The first-order valence-electron chi connectivity index (χ1n) is 4.27. The Labute approximate surface area is 84.8 Å². The summed E-state index contributed by atoms with van der Waals surface area (Å²) in [5.74, 6) is -0.669. The summed E-state index contributed by atoms with van der Waals surface area (Å²) < 4.78 is 1.60. The Morgan fingerprint density at radius 3 is 3.13 bits per heavy atom. The van der Waals surface area contributed by atoms with Gasteiger partial charge in [-0.05, 0) is 0 Å². The Morgan fingerprint density at radius 2 is 2.40 bits per heavy atom. The maximum absolute atomic E-state index is 10.3. The average molecular weight is 207 g/mol. The van der Waals surface area contributed by atoms with Gasteiger partial charge < -0.3 is 10.4 Å². The predicted octanol–water partition coefficient (Wildman–Crippen LogP) is -0.140. The van der Waals surface area contributed by atoms with E-state index in [-0.39, 0.29) is 12.5 Å². The minimum Gasteiger partial charge on any atom is -0.480 e. The first-order valence-corrected chi connectivity index (χ1v) is 4.27. The summed E-state index contributed by atoms with van der Waals surface area (Å²) in [5, 5.41) is 15.9. The molecule has 78 valence electrons. The minimum absolute atomic E-state index is 0.205. The number of fused-ring (bicyclic) bond motifs is 1. The van der Waals surface area contributed by atoms with E-state index in [1.54, 1.807) is 24.1 Å². The molecule has 2 rings (SSSR count). The topological polar surface area (TPSA) is 92.9 Å². The molecule has 0 amide bonds. The Morgan fingerprint density at radius 1 is 1.60 bits per heavy atom. The van der Waals surface area contributed by atoms with Crippen LogP contribution in [0.2, 0.25) is 0 Å². The number of aliphatic carboxylic acids is 1. The van der Waals surface area contributed by atoms with Crippen molar-refractivity contribution in [2.24, 2.45) is 7.05 Å². The van der Waals surface area contributed by atoms with E-state index in [1.165, 1.54) is 0 Å². The van der Waals surface area contributed by atoms with Crippen LogP contribution in [-0.4, -0.2) is 37.4 Å². The molecule has 2 N–H and O–H groups in total. The zero-order valence-corrected chi connectivity index (χ0v) is 8.01. The molecule has 0 aliphatic rings. The number of carboxylic acid groups (broad SMARTS) is 1. The lowest BCUT2D eigenvalue weighted by Gasteiger charge is -2.00. The van der Waals surface area contributed by atoms with Gasteiger partial charge in [0.2, 0.25) is 5.95 Å². The zero-order valence-electron chi connectivity index (χ0n) is 8.01. The summed E-state index contributed by atoms with van der Waals surface area (Å²) in [7, 11) is 1.76. The molecule has 15 heavy (non-hydrogen) atoms. The number of carboxylic acids is 1. The first kappa shape index (κ1) is 9.38. The zero-order chi connectivity index (χ0) is 10.8. The van der Waals surface area contributed by atoms with E-state index >= 15 is 0 Å². The van der Waals surface area contributed by atoms with Gasteiger partial charge in [0.25, 0.3) is 0 Å². The lowest BCUT2D eigenvalue weighted by atomic mass is 10.4. The van der Waals surface area contributed by atoms with Crippen molar-refractivity contribution in [2.45, 2.75) is 0 Å². The molecule has 0 radical (unpaired) electrons. The Kier molecular flexibility index (Phi) is 2.20. The highest BCUT2D eigenvalue weighted by Gasteiger charge is 2.04. The van der Waals surface area contributed by atoms with Crippen molar-refractivity contribution in [1.82, 2.24) is 19.7 Å². The molecule has 2 aromatic rings. The van der Waals surface area contributed by atoms with Crippen molar-refractivity contribution in [3.63, 3.8) is 0 Å². The maximum atomic E-state index is 10.3. The van der Waals surface area contributed by atoms with Crippen molar-refractivity contribution in [3.05, 3.63) is 12.4 Å². The summed E-state index contributed by atoms with van der Waals surface area (Å²) in [6, 6.07) is 0. The molecule has 0 saturated heterocycles. The second-order valence-electron chi connectivity index (χ2n) is 2.99. The van der Waals surface area contributed by atoms with Gasteiger partial charge in [0.15, 0.2) is 5.65 Å².